The molecule has 0 heterocycles. The minimum atomic E-state index is -0.553. The summed E-state index contributed by atoms with van der Waals surface area (Å²) in [7, 11) is 0. The maximum absolute atomic E-state index is 11.7. The molecule has 0 aliphatic carbocycles. The molecule has 0 fully saturated rings. The van der Waals surface area contributed by atoms with Crippen LogP contribution >= 0.6 is 0 Å². The van der Waals surface area contributed by atoms with Crippen molar-refractivity contribution in [1.29, 1.82) is 0 Å². The van der Waals surface area contributed by atoms with Crippen molar-refractivity contribution in [2.24, 2.45) is 0 Å². The van der Waals surface area contributed by atoms with Gasteiger partial charge in [0.2, 0.25) is 5.91 Å². The van der Waals surface area contributed by atoms with Crippen LogP contribution in [0.1, 0.15) is 32.4 Å². The van der Waals surface area contributed by atoms with E-state index in [0.29, 0.717) is 6.54 Å². The molecule has 1 aromatic rings. The van der Waals surface area contributed by atoms with E-state index >= 15 is 0 Å². The van der Waals surface area contributed by atoms with Crippen molar-refractivity contribution in [3.8, 4) is 0 Å². The normalized spacial score (nSPS) is 13.2. The molecule has 5 heteroatoms. The van der Waals surface area contributed by atoms with Crippen molar-refractivity contribution in [3.05, 3.63) is 35.9 Å². The number of hydrogen-bond donors (Lipinski definition) is 3. The van der Waals surface area contributed by atoms with Gasteiger partial charge in [-0.15, -0.1) is 0 Å². The van der Waals surface area contributed by atoms with Crippen LogP contribution in [0.4, 0.5) is 4.79 Å². The monoisotopic (exact) mass is 263 g/mol. The van der Waals surface area contributed by atoms with Crippen molar-refractivity contribution in [2.75, 3.05) is 6.54 Å². The van der Waals surface area contributed by atoms with Gasteiger partial charge in [-0.05, 0) is 26.3 Å². The van der Waals surface area contributed by atoms with Crippen LogP contribution in [-0.2, 0) is 4.79 Å². The molecule has 3 N–H and O–H groups in total. The van der Waals surface area contributed by atoms with Gasteiger partial charge in [0.25, 0.3) is 0 Å². The Balaban J connectivity index is 2.45. The molecule has 0 unspecified atom stereocenters. The molecule has 0 aliphatic heterocycles. The van der Waals surface area contributed by atoms with E-state index in [1.165, 1.54) is 0 Å². The Labute approximate surface area is 113 Å². The van der Waals surface area contributed by atoms with E-state index in [0.717, 1.165) is 5.56 Å². The third kappa shape index (κ3) is 4.99. The molecule has 0 radical (unpaired) electrons. The lowest BCUT2D eigenvalue weighted by molar-refractivity contribution is -0.122. The zero-order valence-electron chi connectivity index (χ0n) is 11.6. The molecule has 1 rings (SSSR count). The second-order valence-electron chi connectivity index (χ2n) is 4.37. The summed E-state index contributed by atoms with van der Waals surface area (Å²) in [5.74, 6) is -0.190. The Kier molecular flexibility index (Phi) is 5.85. The molecular weight excluding hydrogens is 242 g/mol. The molecule has 19 heavy (non-hydrogen) atoms. The van der Waals surface area contributed by atoms with Crippen molar-refractivity contribution >= 4 is 11.9 Å². The summed E-state index contributed by atoms with van der Waals surface area (Å²) < 4.78 is 0. The Hall–Kier alpha value is -2.04. The first-order valence-electron chi connectivity index (χ1n) is 6.44. The van der Waals surface area contributed by atoms with Crippen LogP contribution in [0.5, 0.6) is 0 Å². The molecule has 0 aliphatic rings. The van der Waals surface area contributed by atoms with E-state index in [2.05, 4.69) is 16.0 Å². The number of carbonyl (C=O) groups is 2. The van der Waals surface area contributed by atoms with Crippen molar-refractivity contribution in [1.82, 2.24) is 16.0 Å². The summed E-state index contributed by atoms with van der Waals surface area (Å²) in [6, 6.07) is 8.63. The third-order valence-corrected chi connectivity index (χ3v) is 2.74. The molecule has 104 valence electrons. The topological polar surface area (TPSA) is 70.2 Å². The first-order valence-corrected chi connectivity index (χ1v) is 6.44. The molecule has 2 atom stereocenters. The summed E-state index contributed by atoms with van der Waals surface area (Å²) in [4.78, 5) is 23.2. The number of likely N-dealkylation sites (N-methyl/N-ethyl adjacent to an activating group) is 1. The molecule has 0 saturated carbocycles. The highest BCUT2D eigenvalue weighted by Crippen LogP contribution is 2.10. The molecule has 0 aromatic heterocycles. The van der Waals surface area contributed by atoms with E-state index in [9.17, 15) is 9.59 Å². The molecule has 0 spiro atoms. The predicted molar refractivity (Wildman–Crippen MR) is 74.7 cm³/mol. The van der Waals surface area contributed by atoms with Gasteiger partial charge < -0.3 is 16.0 Å². The van der Waals surface area contributed by atoms with Crippen LogP contribution < -0.4 is 16.0 Å². The summed E-state index contributed by atoms with van der Waals surface area (Å²) in [6.07, 6.45) is 0. The van der Waals surface area contributed by atoms with E-state index in [1.807, 2.05) is 44.2 Å². The van der Waals surface area contributed by atoms with Crippen molar-refractivity contribution < 1.29 is 9.59 Å². The largest absolute Gasteiger partial charge is 0.355 e. The number of nitrogens with one attached hydrogen (secondary N) is 3. The Morgan fingerprint density at radius 1 is 1.11 bits per heavy atom. The first-order chi connectivity index (χ1) is 9.04. The molecule has 3 amide bonds. The van der Waals surface area contributed by atoms with Gasteiger partial charge in [0.15, 0.2) is 0 Å². The fourth-order valence-electron chi connectivity index (χ4n) is 1.65. The maximum atomic E-state index is 11.7. The van der Waals surface area contributed by atoms with E-state index < -0.39 is 6.04 Å². The number of benzene rings is 1. The second kappa shape index (κ2) is 7.41. The number of rotatable bonds is 5. The average Bonchev–Trinajstić information content (AvgIpc) is 2.39. The van der Waals surface area contributed by atoms with Crippen molar-refractivity contribution in [3.63, 3.8) is 0 Å². The predicted octanol–water partition coefficient (Wildman–Crippen LogP) is 1.57. The van der Waals surface area contributed by atoms with E-state index in [1.54, 1.807) is 6.92 Å². The van der Waals surface area contributed by atoms with Crippen LogP contribution in [0.3, 0.4) is 0 Å². The number of amides is 3. The fourth-order valence-corrected chi connectivity index (χ4v) is 1.65. The zero-order chi connectivity index (χ0) is 14.3. The highest BCUT2D eigenvalue weighted by Gasteiger charge is 2.16. The van der Waals surface area contributed by atoms with Gasteiger partial charge in [-0.3, -0.25) is 4.79 Å². The number of urea groups is 1. The number of carbonyl (C=O) groups excluding carboxylic acids is 2. The SMILES string of the molecule is CCNC(=O)[C@H](C)NC(=O)N[C@H](C)c1ccccc1. The van der Waals surface area contributed by atoms with Crippen molar-refractivity contribution in [2.45, 2.75) is 32.9 Å². The van der Waals surface area contributed by atoms with Crippen LogP contribution in [0.2, 0.25) is 0 Å². The maximum Gasteiger partial charge on any atom is 0.315 e. The summed E-state index contributed by atoms with van der Waals surface area (Å²) >= 11 is 0. The zero-order valence-corrected chi connectivity index (χ0v) is 11.6. The Morgan fingerprint density at radius 3 is 2.32 bits per heavy atom. The minimum absolute atomic E-state index is 0.109. The van der Waals surface area contributed by atoms with Gasteiger partial charge in [-0.2, -0.15) is 0 Å². The Bertz CT molecular complexity index is 420. The first kappa shape index (κ1) is 15.0. The number of hydrogen-bond acceptors (Lipinski definition) is 2. The standard InChI is InChI=1S/C14H21N3O2/c1-4-15-13(18)11(3)17-14(19)16-10(2)12-8-6-5-7-9-12/h5-11H,4H2,1-3H3,(H,15,18)(H2,16,17,19)/t10-,11+/m1/s1. The average molecular weight is 263 g/mol. The van der Waals surface area contributed by atoms with Gasteiger partial charge in [-0.1, -0.05) is 30.3 Å². The van der Waals surface area contributed by atoms with Crippen LogP contribution in [0, 0.1) is 0 Å². The van der Waals surface area contributed by atoms with Gasteiger partial charge >= 0.3 is 6.03 Å². The van der Waals surface area contributed by atoms with Crippen LogP contribution in [-0.4, -0.2) is 24.5 Å². The molecule has 0 bridgehead atoms. The Morgan fingerprint density at radius 2 is 1.74 bits per heavy atom. The third-order valence-electron chi connectivity index (χ3n) is 2.74. The van der Waals surface area contributed by atoms with E-state index in [4.69, 9.17) is 0 Å². The highest BCUT2D eigenvalue weighted by molar-refractivity contribution is 5.86. The van der Waals surface area contributed by atoms with Crippen LogP contribution in [0.15, 0.2) is 30.3 Å². The molecule has 1 aromatic carbocycles. The summed E-state index contributed by atoms with van der Waals surface area (Å²) in [5.41, 5.74) is 1.02. The van der Waals surface area contributed by atoms with Gasteiger partial charge in [0.1, 0.15) is 6.04 Å². The highest BCUT2D eigenvalue weighted by atomic mass is 16.2. The van der Waals surface area contributed by atoms with E-state index in [-0.39, 0.29) is 18.0 Å². The lowest BCUT2D eigenvalue weighted by atomic mass is 10.1. The van der Waals surface area contributed by atoms with Crippen LogP contribution in [0.25, 0.3) is 0 Å². The second-order valence-corrected chi connectivity index (χ2v) is 4.37. The smallest absolute Gasteiger partial charge is 0.315 e. The van der Waals surface area contributed by atoms with Gasteiger partial charge in [0, 0.05) is 6.54 Å². The lowest BCUT2D eigenvalue weighted by Gasteiger charge is -2.18. The summed E-state index contributed by atoms with van der Waals surface area (Å²) in [5, 5.41) is 8.05. The van der Waals surface area contributed by atoms with Gasteiger partial charge in [-0.25, -0.2) is 4.79 Å². The fraction of sp³-hybridized carbons (Fsp3) is 0.429. The minimum Gasteiger partial charge on any atom is -0.355 e. The van der Waals surface area contributed by atoms with Gasteiger partial charge in [0.05, 0.1) is 6.04 Å². The molecular formula is C14H21N3O2. The molecule has 5 nitrogen and oxygen atoms in total. The quantitative estimate of drug-likeness (QED) is 0.754. The lowest BCUT2D eigenvalue weighted by Crippen LogP contribution is -2.48. The molecule has 0 saturated heterocycles. The summed E-state index contributed by atoms with van der Waals surface area (Å²) in [6.45, 7) is 5.93.